The molecule has 0 saturated carbocycles. The predicted octanol–water partition coefficient (Wildman–Crippen LogP) is 2.05. The Morgan fingerprint density at radius 2 is 2.14 bits per heavy atom. The molecule has 0 aromatic carbocycles. The van der Waals surface area contributed by atoms with E-state index in [1.54, 1.807) is 18.5 Å². The van der Waals surface area contributed by atoms with Crippen molar-refractivity contribution >= 4 is 34.1 Å². The molecule has 0 aliphatic carbocycles. The van der Waals surface area contributed by atoms with Gasteiger partial charge in [-0.1, -0.05) is 0 Å². The fourth-order valence-corrected chi connectivity index (χ4v) is 4.06. The number of hydrogen-bond donors (Lipinski definition) is 5. The number of urea groups is 1. The summed E-state index contributed by atoms with van der Waals surface area (Å²) in [6, 6.07) is 1.33. The molecular formula is C18H20N8O2S. The van der Waals surface area contributed by atoms with Gasteiger partial charge < -0.3 is 10.6 Å². The van der Waals surface area contributed by atoms with Crippen molar-refractivity contribution in [2.75, 3.05) is 23.7 Å². The van der Waals surface area contributed by atoms with E-state index in [1.807, 2.05) is 0 Å². The van der Waals surface area contributed by atoms with Gasteiger partial charge in [-0.25, -0.2) is 9.78 Å². The molecule has 1 saturated heterocycles. The Kier molecular flexibility index (Phi) is 5.77. The van der Waals surface area contributed by atoms with Gasteiger partial charge in [0, 0.05) is 41.6 Å². The number of hydrogen-bond acceptors (Lipinski definition) is 7. The minimum atomic E-state index is -0.500. The molecule has 11 heteroatoms. The number of aromatic amines is 1. The quantitative estimate of drug-likeness (QED) is 0.435. The Bertz CT molecular complexity index is 967. The second kappa shape index (κ2) is 8.80. The first kappa shape index (κ1) is 19.0. The molecule has 10 nitrogen and oxygen atoms in total. The third kappa shape index (κ3) is 4.76. The number of piperidine rings is 1. The normalized spacial score (nSPS) is 16.2. The minimum Gasteiger partial charge on any atom is -0.348 e. The van der Waals surface area contributed by atoms with Gasteiger partial charge in [0.05, 0.1) is 18.0 Å². The van der Waals surface area contributed by atoms with Crippen LogP contribution >= 0.6 is 11.3 Å². The van der Waals surface area contributed by atoms with Gasteiger partial charge in [-0.2, -0.15) is 5.10 Å². The van der Waals surface area contributed by atoms with Gasteiger partial charge in [0.1, 0.15) is 5.00 Å². The number of carbonyl (C=O) groups excluding carboxylic acids is 2. The van der Waals surface area contributed by atoms with E-state index < -0.39 is 6.03 Å². The third-order valence-electron chi connectivity index (χ3n) is 4.42. The smallest absolute Gasteiger partial charge is 0.325 e. The highest BCUT2D eigenvalue weighted by molar-refractivity contribution is 7.20. The van der Waals surface area contributed by atoms with E-state index in [9.17, 15) is 9.59 Å². The lowest BCUT2D eigenvalue weighted by atomic mass is 10.1. The molecule has 1 atom stereocenters. The summed E-state index contributed by atoms with van der Waals surface area (Å²) in [6.45, 7) is 1.70. The summed E-state index contributed by atoms with van der Waals surface area (Å²) in [4.78, 5) is 34.0. The number of thiophene rings is 1. The lowest BCUT2D eigenvalue weighted by Gasteiger charge is -2.23. The van der Waals surface area contributed by atoms with Crippen LogP contribution in [0.15, 0.2) is 37.1 Å². The zero-order valence-corrected chi connectivity index (χ0v) is 16.3. The van der Waals surface area contributed by atoms with E-state index in [4.69, 9.17) is 0 Å². The van der Waals surface area contributed by atoms with Crippen LogP contribution < -0.4 is 21.3 Å². The Balaban J connectivity index is 1.54. The van der Waals surface area contributed by atoms with Crippen LogP contribution in [0.3, 0.4) is 0 Å². The summed E-state index contributed by atoms with van der Waals surface area (Å²) in [5.74, 6) is 0.0930. The zero-order valence-electron chi connectivity index (χ0n) is 15.4. The largest absolute Gasteiger partial charge is 0.348 e. The van der Waals surface area contributed by atoms with E-state index in [2.05, 4.69) is 41.4 Å². The maximum Gasteiger partial charge on any atom is 0.325 e. The van der Waals surface area contributed by atoms with Gasteiger partial charge in [0.2, 0.25) is 0 Å². The second-order valence-electron chi connectivity index (χ2n) is 6.53. The SMILES string of the molecule is O=C(Nc1cnccn1)Nc1sc(-c2cn[nH]c2)cc1C(=O)N[C@H]1CCCNC1. The molecule has 5 N–H and O–H groups in total. The maximum absolute atomic E-state index is 12.9. The molecule has 1 aliphatic rings. The molecule has 150 valence electrons. The maximum atomic E-state index is 12.9. The molecule has 0 radical (unpaired) electrons. The van der Waals surface area contributed by atoms with Gasteiger partial charge in [-0.05, 0) is 25.5 Å². The summed E-state index contributed by atoms with van der Waals surface area (Å²) in [5, 5.41) is 18.8. The van der Waals surface area contributed by atoms with E-state index in [0.717, 1.165) is 36.4 Å². The Hall–Kier alpha value is -3.31. The molecule has 4 heterocycles. The molecule has 4 rings (SSSR count). The molecule has 0 unspecified atom stereocenters. The van der Waals surface area contributed by atoms with Crippen LogP contribution in [0, 0.1) is 0 Å². The molecule has 3 aromatic rings. The first-order valence-electron chi connectivity index (χ1n) is 9.17. The van der Waals surface area contributed by atoms with Crippen LogP contribution in [-0.4, -0.2) is 51.2 Å². The summed E-state index contributed by atoms with van der Waals surface area (Å²) in [6.07, 6.45) is 9.78. The van der Waals surface area contributed by atoms with Gasteiger partial charge in [-0.3, -0.25) is 25.5 Å². The van der Waals surface area contributed by atoms with Crippen molar-refractivity contribution in [2.24, 2.45) is 0 Å². The number of H-pyrrole nitrogens is 1. The van der Waals surface area contributed by atoms with Crippen LogP contribution in [0.5, 0.6) is 0 Å². The van der Waals surface area contributed by atoms with E-state index in [1.165, 1.54) is 29.9 Å². The molecule has 3 amide bonds. The highest BCUT2D eigenvalue weighted by atomic mass is 32.1. The topological polar surface area (TPSA) is 137 Å². The Morgan fingerprint density at radius 3 is 2.86 bits per heavy atom. The molecule has 3 aromatic heterocycles. The van der Waals surface area contributed by atoms with Gasteiger partial charge in [0.15, 0.2) is 5.82 Å². The Morgan fingerprint density at radius 1 is 1.21 bits per heavy atom. The summed E-state index contributed by atoms with van der Waals surface area (Å²) in [5.41, 5.74) is 1.25. The molecule has 1 fully saturated rings. The number of nitrogens with one attached hydrogen (secondary N) is 5. The number of anilines is 2. The molecule has 0 spiro atoms. The van der Waals surface area contributed by atoms with Gasteiger partial charge in [-0.15, -0.1) is 11.3 Å². The molecular weight excluding hydrogens is 392 g/mol. The predicted molar refractivity (Wildman–Crippen MR) is 110 cm³/mol. The van der Waals surface area contributed by atoms with Crippen LogP contribution in [0.1, 0.15) is 23.2 Å². The fourth-order valence-electron chi connectivity index (χ4n) is 3.03. The van der Waals surface area contributed by atoms with E-state index in [-0.39, 0.29) is 11.9 Å². The monoisotopic (exact) mass is 412 g/mol. The highest BCUT2D eigenvalue weighted by Crippen LogP contribution is 2.35. The van der Waals surface area contributed by atoms with Gasteiger partial charge >= 0.3 is 6.03 Å². The number of aromatic nitrogens is 4. The minimum absolute atomic E-state index is 0.0646. The fraction of sp³-hybridized carbons (Fsp3) is 0.278. The number of rotatable bonds is 5. The number of carbonyl (C=O) groups is 2. The zero-order chi connectivity index (χ0) is 20.1. The molecule has 29 heavy (non-hydrogen) atoms. The average molecular weight is 412 g/mol. The Labute approximate surface area is 170 Å². The van der Waals surface area contributed by atoms with Crippen molar-refractivity contribution in [1.82, 2.24) is 30.8 Å². The van der Waals surface area contributed by atoms with Crippen LogP contribution in [0.4, 0.5) is 15.6 Å². The standard InChI is InChI=1S/C18H20N8O2S/c27-16(24-12-2-1-3-19-9-12)13-6-14(11-7-22-23-8-11)29-17(13)26-18(28)25-15-10-20-4-5-21-15/h4-8,10,12,19H,1-3,9H2,(H,22,23)(H,24,27)(H2,21,25,26,28)/t12-/m0/s1. The van der Waals surface area contributed by atoms with Crippen molar-refractivity contribution in [3.63, 3.8) is 0 Å². The number of nitrogens with zero attached hydrogens (tertiary/aromatic N) is 3. The van der Waals surface area contributed by atoms with E-state index in [0.29, 0.717) is 16.4 Å². The summed E-state index contributed by atoms with van der Waals surface area (Å²) in [7, 11) is 0. The second-order valence-corrected chi connectivity index (χ2v) is 7.58. The first-order valence-corrected chi connectivity index (χ1v) is 9.99. The van der Waals surface area contributed by atoms with Crippen molar-refractivity contribution in [2.45, 2.75) is 18.9 Å². The summed E-state index contributed by atoms with van der Waals surface area (Å²) < 4.78 is 0. The first-order chi connectivity index (χ1) is 14.2. The molecule has 1 aliphatic heterocycles. The van der Waals surface area contributed by atoms with Crippen LogP contribution in [-0.2, 0) is 0 Å². The van der Waals surface area contributed by atoms with Crippen molar-refractivity contribution < 1.29 is 9.59 Å². The number of amides is 3. The van der Waals surface area contributed by atoms with Crippen molar-refractivity contribution in [3.8, 4) is 10.4 Å². The van der Waals surface area contributed by atoms with Gasteiger partial charge in [0.25, 0.3) is 5.91 Å². The lowest BCUT2D eigenvalue weighted by molar-refractivity contribution is 0.0932. The third-order valence-corrected chi connectivity index (χ3v) is 5.52. The average Bonchev–Trinajstić information content (AvgIpc) is 3.39. The van der Waals surface area contributed by atoms with Crippen LogP contribution in [0.2, 0.25) is 0 Å². The molecule has 0 bridgehead atoms. The van der Waals surface area contributed by atoms with E-state index >= 15 is 0 Å². The summed E-state index contributed by atoms with van der Waals surface area (Å²) >= 11 is 1.30. The van der Waals surface area contributed by atoms with Crippen LogP contribution in [0.25, 0.3) is 10.4 Å². The van der Waals surface area contributed by atoms with Crippen molar-refractivity contribution in [3.05, 3.63) is 42.6 Å². The lowest BCUT2D eigenvalue weighted by Crippen LogP contribution is -2.45. The van der Waals surface area contributed by atoms with Crippen molar-refractivity contribution in [1.29, 1.82) is 0 Å². The highest BCUT2D eigenvalue weighted by Gasteiger charge is 2.22.